The first kappa shape index (κ1) is 15.8. The third kappa shape index (κ3) is 3.76. The Morgan fingerprint density at radius 3 is 2.36 bits per heavy atom. The lowest BCUT2D eigenvalue weighted by Crippen LogP contribution is -2.28. The Kier molecular flexibility index (Phi) is 5.37. The van der Waals surface area contributed by atoms with Gasteiger partial charge in [0.05, 0.1) is 33.4 Å². The molecular formula is C13H16N4O4S. The number of hydrogen-bond donors (Lipinski definition) is 2. The summed E-state index contributed by atoms with van der Waals surface area (Å²) in [6, 6.07) is 3.06. The van der Waals surface area contributed by atoms with Crippen LogP contribution < -0.4 is 24.8 Å². The molecule has 0 aliphatic carbocycles. The Morgan fingerprint density at radius 1 is 1.18 bits per heavy atom. The summed E-state index contributed by atoms with van der Waals surface area (Å²) < 4.78 is 15.8. The molecule has 0 spiro atoms. The Balaban J connectivity index is 2.09. The molecule has 1 aromatic heterocycles. The summed E-state index contributed by atoms with van der Waals surface area (Å²) in [6.07, 6.45) is 0. The molecule has 22 heavy (non-hydrogen) atoms. The zero-order valence-corrected chi connectivity index (χ0v) is 13.2. The first-order valence-corrected chi connectivity index (χ1v) is 7.15. The van der Waals surface area contributed by atoms with Crippen molar-refractivity contribution in [1.82, 2.24) is 15.5 Å². The number of benzene rings is 1. The second kappa shape index (κ2) is 7.46. The van der Waals surface area contributed by atoms with E-state index in [4.69, 9.17) is 14.2 Å². The number of anilines is 1. The fourth-order valence-corrected chi connectivity index (χ4v) is 2.23. The molecule has 0 unspecified atom stereocenters. The largest absolute Gasteiger partial charge is 0.496 e. The van der Waals surface area contributed by atoms with Crippen LogP contribution in [0.1, 0.15) is 5.56 Å². The highest BCUT2D eigenvalue weighted by Crippen LogP contribution is 2.33. The molecular weight excluding hydrogens is 308 g/mol. The summed E-state index contributed by atoms with van der Waals surface area (Å²) in [5.74, 6) is 1.73. The number of aromatic nitrogens is 2. The minimum atomic E-state index is -0.392. The molecule has 0 atom stereocenters. The van der Waals surface area contributed by atoms with Crippen molar-refractivity contribution in [3.63, 3.8) is 0 Å². The normalized spacial score (nSPS) is 9.95. The van der Waals surface area contributed by atoms with Crippen molar-refractivity contribution in [2.24, 2.45) is 0 Å². The highest BCUT2D eigenvalue weighted by atomic mass is 32.1. The standard InChI is InChI=1S/C13H16N4O4S/c1-19-8-4-10(20-2)9(11(5-8)21-3)6-14-12(18)16-13-17-15-7-22-13/h4-5,7H,6H2,1-3H3,(H2,14,16,17,18). The number of carbonyl (C=O) groups excluding carboxylic acids is 1. The zero-order chi connectivity index (χ0) is 15.9. The van der Waals surface area contributed by atoms with Crippen LogP contribution in [0.15, 0.2) is 17.6 Å². The van der Waals surface area contributed by atoms with Gasteiger partial charge in [0.2, 0.25) is 5.13 Å². The lowest BCUT2D eigenvalue weighted by molar-refractivity contribution is 0.251. The van der Waals surface area contributed by atoms with E-state index in [-0.39, 0.29) is 6.54 Å². The van der Waals surface area contributed by atoms with Crippen LogP contribution in [0.3, 0.4) is 0 Å². The van der Waals surface area contributed by atoms with Gasteiger partial charge < -0.3 is 19.5 Å². The maximum atomic E-state index is 11.8. The van der Waals surface area contributed by atoms with E-state index >= 15 is 0 Å². The Labute approximate surface area is 131 Å². The van der Waals surface area contributed by atoms with Crippen molar-refractivity contribution in [2.45, 2.75) is 6.54 Å². The summed E-state index contributed by atoms with van der Waals surface area (Å²) in [5, 5.41) is 13.1. The van der Waals surface area contributed by atoms with E-state index in [1.165, 1.54) is 16.8 Å². The van der Waals surface area contributed by atoms with Crippen LogP contribution in [-0.2, 0) is 6.54 Å². The molecule has 2 rings (SSSR count). The van der Waals surface area contributed by atoms with Crippen LogP contribution in [0.25, 0.3) is 0 Å². The van der Waals surface area contributed by atoms with Gasteiger partial charge in [-0.25, -0.2) is 4.79 Å². The van der Waals surface area contributed by atoms with E-state index in [0.29, 0.717) is 27.9 Å². The monoisotopic (exact) mass is 324 g/mol. The van der Waals surface area contributed by atoms with Gasteiger partial charge in [0.15, 0.2) is 0 Å². The van der Waals surface area contributed by atoms with Gasteiger partial charge >= 0.3 is 6.03 Å². The quantitative estimate of drug-likeness (QED) is 0.842. The maximum absolute atomic E-state index is 11.8. The van der Waals surface area contributed by atoms with E-state index in [0.717, 1.165) is 0 Å². The van der Waals surface area contributed by atoms with E-state index in [1.807, 2.05) is 0 Å². The Hall–Kier alpha value is -2.55. The summed E-state index contributed by atoms with van der Waals surface area (Å²) in [5.41, 5.74) is 2.24. The Bertz CT molecular complexity index is 608. The Morgan fingerprint density at radius 2 is 1.86 bits per heavy atom. The number of ether oxygens (including phenoxy) is 3. The van der Waals surface area contributed by atoms with Gasteiger partial charge in [0.1, 0.15) is 22.8 Å². The first-order chi connectivity index (χ1) is 10.7. The smallest absolute Gasteiger partial charge is 0.321 e. The van der Waals surface area contributed by atoms with Gasteiger partial charge in [0, 0.05) is 12.1 Å². The van der Waals surface area contributed by atoms with E-state index < -0.39 is 6.03 Å². The summed E-state index contributed by atoms with van der Waals surface area (Å²) >= 11 is 1.23. The molecule has 118 valence electrons. The second-order valence-corrected chi connectivity index (χ2v) is 4.90. The number of nitrogens with one attached hydrogen (secondary N) is 2. The van der Waals surface area contributed by atoms with Crippen LogP contribution in [0.2, 0.25) is 0 Å². The first-order valence-electron chi connectivity index (χ1n) is 6.27. The van der Waals surface area contributed by atoms with Gasteiger partial charge in [0.25, 0.3) is 0 Å². The molecule has 8 nitrogen and oxygen atoms in total. The van der Waals surface area contributed by atoms with Crippen LogP contribution in [0.5, 0.6) is 17.2 Å². The van der Waals surface area contributed by atoms with Gasteiger partial charge in [-0.2, -0.15) is 0 Å². The average molecular weight is 324 g/mol. The molecule has 0 fully saturated rings. The topological polar surface area (TPSA) is 94.6 Å². The number of methoxy groups -OCH3 is 3. The molecule has 1 heterocycles. The number of carbonyl (C=O) groups is 1. The van der Waals surface area contributed by atoms with Crippen molar-refractivity contribution in [1.29, 1.82) is 0 Å². The zero-order valence-electron chi connectivity index (χ0n) is 12.4. The highest BCUT2D eigenvalue weighted by molar-refractivity contribution is 7.13. The van der Waals surface area contributed by atoms with Gasteiger partial charge in [-0.05, 0) is 0 Å². The fraction of sp³-hybridized carbons (Fsp3) is 0.308. The van der Waals surface area contributed by atoms with E-state index in [2.05, 4.69) is 20.8 Å². The van der Waals surface area contributed by atoms with Crippen LogP contribution in [0.4, 0.5) is 9.93 Å². The summed E-state index contributed by atoms with van der Waals surface area (Å²) in [7, 11) is 4.64. The third-order valence-corrected chi connectivity index (χ3v) is 3.43. The molecule has 0 saturated heterocycles. The molecule has 2 N–H and O–H groups in total. The van der Waals surface area contributed by atoms with Gasteiger partial charge in [-0.3, -0.25) is 5.32 Å². The SMILES string of the molecule is COc1cc(OC)c(CNC(=O)Nc2nncs2)c(OC)c1. The lowest BCUT2D eigenvalue weighted by atomic mass is 10.1. The summed E-state index contributed by atoms with van der Waals surface area (Å²) in [6.45, 7) is 0.223. The molecule has 9 heteroatoms. The fourth-order valence-electron chi connectivity index (χ4n) is 1.79. The molecule has 0 aliphatic heterocycles. The molecule has 0 bridgehead atoms. The van der Waals surface area contributed by atoms with Crippen molar-refractivity contribution in [2.75, 3.05) is 26.6 Å². The van der Waals surface area contributed by atoms with Crippen LogP contribution >= 0.6 is 11.3 Å². The lowest BCUT2D eigenvalue weighted by Gasteiger charge is -2.15. The molecule has 0 aliphatic rings. The third-order valence-electron chi connectivity index (χ3n) is 2.82. The second-order valence-electron chi connectivity index (χ2n) is 4.06. The number of urea groups is 1. The molecule has 2 aromatic rings. The van der Waals surface area contributed by atoms with Crippen LogP contribution in [0, 0.1) is 0 Å². The minimum Gasteiger partial charge on any atom is -0.496 e. The predicted molar refractivity (Wildman–Crippen MR) is 81.9 cm³/mol. The molecule has 0 saturated carbocycles. The molecule has 1 aromatic carbocycles. The highest BCUT2D eigenvalue weighted by Gasteiger charge is 2.14. The van der Waals surface area contributed by atoms with E-state index in [9.17, 15) is 4.79 Å². The van der Waals surface area contributed by atoms with E-state index in [1.54, 1.807) is 33.5 Å². The summed E-state index contributed by atoms with van der Waals surface area (Å²) in [4.78, 5) is 11.8. The van der Waals surface area contributed by atoms with Crippen molar-refractivity contribution in [3.05, 3.63) is 23.2 Å². The number of rotatable bonds is 6. The van der Waals surface area contributed by atoms with Gasteiger partial charge in [-0.15, -0.1) is 10.2 Å². The predicted octanol–water partition coefficient (Wildman–Crippen LogP) is 1.89. The van der Waals surface area contributed by atoms with Crippen LogP contribution in [-0.4, -0.2) is 37.6 Å². The number of amides is 2. The molecule has 2 amide bonds. The van der Waals surface area contributed by atoms with Gasteiger partial charge in [-0.1, -0.05) is 11.3 Å². The number of nitrogens with zero attached hydrogens (tertiary/aromatic N) is 2. The van der Waals surface area contributed by atoms with Crippen molar-refractivity contribution < 1.29 is 19.0 Å². The maximum Gasteiger partial charge on any atom is 0.321 e. The average Bonchev–Trinajstić information content (AvgIpc) is 3.04. The van der Waals surface area contributed by atoms with Crippen molar-refractivity contribution in [3.8, 4) is 17.2 Å². The van der Waals surface area contributed by atoms with Crippen molar-refractivity contribution >= 4 is 22.5 Å². The number of hydrogen-bond acceptors (Lipinski definition) is 7. The minimum absolute atomic E-state index is 0.223. The molecule has 0 radical (unpaired) electrons.